The van der Waals surface area contributed by atoms with E-state index in [1.165, 1.54) is 37.6 Å². The summed E-state index contributed by atoms with van der Waals surface area (Å²) >= 11 is 1.91. The fraction of sp³-hybridized carbons (Fsp3) is 0.136. The molecule has 122 valence electrons. The second kappa shape index (κ2) is 5.71. The molecule has 2 aromatic carbocycles. The van der Waals surface area contributed by atoms with Gasteiger partial charge in [-0.1, -0.05) is 53.8 Å². The average molecular weight is 343 g/mol. The van der Waals surface area contributed by atoms with Crippen molar-refractivity contribution < 1.29 is 4.57 Å². The molecule has 2 aliphatic rings. The molecule has 0 saturated carbocycles. The van der Waals surface area contributed by atoms with Gasteiger partial charge in [0, 0.05) is 42.6 Å². The second-order valence-electron chi connectivity index (χ2n) is 6.53. The quantitative estimate of drug-likeness (QED) is 0.563. The minimum Gasteiger partial charge on any atom is -0.351 e. The van der Waals surface area contributed by atoms with Crippen LogP contribution in [-0.4, -0.2) is 7.05 Å². The maximum atomic E-state index is 2.46. The van der Waals surface area contributed by atoms with Gasteiger partial charge in [-0.05, 0) is 23.8 Å². The van der Waals surface area contributed by atoms with Gasteiger partial charge in [0.05, 0.1) is 0 Å². The Morgan fingerprint density at radius 2 is 1.88 bits per heavy atom. The summed E-state index contributed by atoms with van der Waals surface area (Å²) in [7, 11) is 2.10. The monoisotopic (exact) mass is 343 g/mol. The predicted octanol–water partition coefficient (Wildman–Crippen LogP) is 5.02. The Bertz CT molecular complexity index is 1070. The summed E-state index contributed by atoms with van der Waals surface area (Å²) in [5.41, 5.74) is 6.65. The molecule has 0 N–H and O–H groups in total. The number of rotatable bonds is 1. The number of fused-ring (bicyclic) bond motifs is 4. The zero-order valence-corrected chi connectivity index (χ0v) is 15.0. The van der Waals surface area contributed by atoms with E-state index in [0.717, 1.165) is 13.0 Å². The van der Waals surface area contributed by atoms with Crippen LogP contribution in [0, 0.1) is 0 Å². The van der Waals surface area contributed by atoms with Crippen LogP contribution in [0.25, 0.3) is 21.4 Å². The van der Waals surface area contributed by atoms with Crippen molar-refractivity contribution in [2.24, 2.45) is 0 Å². The lowest BCUT2D eigenvalue weighted by Gasteiger charge is -2.23. The fourth-order valence-electron chi connectivity index (χ4n) is 3.71. The molecule has 3 heteroatoms. The zero-order valence-electron chi connectivity index (χ0n) is 14.1. The predicted molar refractivity (Wildman–Crippen MR) is 107 cm³/mol. The van der Waals surface area contributed by atoms with E-state index in [4.69, 9.17) is 0 Å². The Morgan fingerprint density at radius 3 is 2.84 bits per heavy atom. The van der Waals surface area contributed by atoms with E-state index in [2.05, 4.69) is 89.5 Å². The van der Waals surface area contributed by atoms with Crippen LogP contribution in [0.2, 0.25) is 0 Å². The van der Waals surface area contributed by atoms with Gasteiger partial charge in [-0.25, -0.2) is 0 Å². The van der Waals surface area contributed by atoms with Crippen LogP contribution < -0.4 is 9.47 Å². The summed E-state index contributed by atoms with van der Waals surface area (Å²) in [5, 5.41) is 1.41. The largest absolute Gasteiger partial charge is 0.351 e. The Hall–Kier alpha value is -2.65. The third kappa shape index (κ3) is 2.35. The third-order valence-corrected chi connectivity index (χ3v) is 6.27. The van der Waals surface area contributed by atoms with Crippen LogP contribution in [0.1, 0.15) is 17.0 Å². The van der Waals surface area contributed by atoms with E-state index < -0.39 is 0 Å². The molecule has 0 fully saturated rings. The Labute approximate surface area is 151 Å². The maximum absolute atomic E-state index is 2.46. The molecule has 0 aliphatic carbocycles. The van der Waals surface area contributed by atoms with Gasteiger partial charge < -0.3 is 4.90 Å². The lowest BCUT2D eigenvalue weighted by Crippen LogP contribution is -2.30. The molecule has 0 spiro atoms. The van der Waals surface area contributed by atoms with Gasteiger partial charge in [-0.2, -0.15) is 4.57 Å². The van der Waals surface area contributed by atoms with Gasteiger partial charge in [-0.15, -0.1) is 0 Å². The highest BCUT2D eigenvalue weighted by atomic mass is 32.1. The summed E-state index contributed by atoms with van der Waals surface area (Å²) in [5.74, 6) is 0. The summed E-state index contributed by atoms with van der Waals surface area (Å²) in [6, 6.07) is 17.3. The maximum Gasteiger partial charge on any atom is 0.266 e. The van der Waals surface area contributed by atoms with Crippen LogP contribution in [-0.2, 0) is 6.54 Å². The van der Waals surface area contributed by atoms with Crippen LogP contribution in [0.5, 0.6) is 0 Å². The van der Waals surface area contributed by atoms with Gasteiger partial charge in [-0.3, -0.25) is 0 Å². The SMILES string of the molecule is CN1C=CC(=CC=C2CC[n+]3c2sc2ccccc23)c2ccccc21. The molecule has 0 bridgehead atoms. The van der Waals surface area contributed by atoms with E-state index in [1.54, 1.807) is 0 Å². The van der Waals surface area contributed by atoms with Crippen molar-refractivity contribution in [2.45, 2.75) is 13.0 Å². The van der Waals surface area contributed by atoms with E-state index in [1.807, 2.05) is 11.3 Å². The first-order valence-electron chi connectivity index (χ1n) is 8.64. The summed E-state index contributed by atoms with van der Waals surface area (Å²) in [6.45, 7) is 1.09. The Balaban J connectivity index is 1.57. The number of thiazole rings is 1. The molecule has 25 heavy (non-hydrogen) atoms. The molecule has 0 radical (unpaired) electrons. The number of anilines is 1. The summed E-state index contributed by atoms with van der Waals surface area (Å²) in [6.07, 6.45) is 10.0. The minimum atomic E-state index is 1.09. The van der Waals surface area contributed by atoms with Crippen molar-refractivity contribution >= 4 is 38.4 Å². The third-order valence-electron chi connectivity index (χ3n) is 5.02. The highest BCUT2D eigenvalue weighted by molar-refractivity contribution is 7.19. The topological polar surface area (TPSA) is 7.12 Å². The van der Waals surface area contributed by atoms with Gasteiger partial charge in [0.25, 0.3) is 5.01 Å². The fourth-order valence-corrected chi connectivity index (χ4v) is 4.95. The Morgan fingerprint density at radius 1 is 1.04 bits per heavy atom. The summed E-state index contributed by atoms with van der Waals surface area (Å²) in [4.78, 5) is 2.18. The lowest BCUT2D eigenvalue weighted by molar-refractivity contribution is -0.659. The molecular weight excluding hydrogens is 324 g/mol. The zero-order chi connectivity index (χ0) is 16.8. The first-order chi connectivity index (χ1) is 12.3. The standard InChI is InChI=1S/C22H19N2S/c1-23-14-12-16(18-6-2-3-7-19(18)23)10-11-17-13-15-24-20-8-4-5-9-21(20)25-22(17)24/h2-12,14H,13,15H2,1H3/q+1. The van der Waals surface area contributed by atoms with Crippen LogP contribution in [0.3, 0.4) is 0 Å². The number of benzene rings is 2. The highest BCUT2D eigenvalue weighted by Gasteiger charge is 2.29. The number of nitrogens with zero attached hydrogens (tertiary/aromatic N) is 2. The first kappa shape index (κ1) is 14.7. The number of allylic oxidation sites excluding steroid dienone is 5. The summed E-state index contributed by atoms with van der Waals surface area (Å²) < 4.78 is 3.84. The first-order valence-corrected chi connectivity index (χ1v) is 9.46. The molecule has 5 rings (SSSR count). The molecule has 2 aliphatic heterocycles. The van der Waals surface area contributed by atoms with Crippen molar-refractivity contribution in [1.29, 1.82) is 0 Å². The van der Waals surface area contributed by atoms with Crippen LogP contribution in [0.15, 0.2) is 73.0 Å². The lowest BCUT2D eigenvalue weighted by atomic mass is 9.99. The number of para-hydroxylation sites is 2. The molecule has 2 nitrogen and oxygen atoms in total. The van der Waals surface area contributed by atoms with Gasteiger partial charge >= 0.3 is 0 Å². The number of hydrogen-bond acceptors (Lipinski definition) is 2. The van der Waals surface area contributed by atoms with Gasteiger partial charge in [0.15, 0.2) is 6.54 Å². The van der Waals surface area contributed by atoms with Crippen molar-refractivity contribution in [3.63, 3.8) is 0 Å². The highest BCUT2D eigenvalue weighted by Crippen LogP contribution is 2.34. The minimum absolute atomic E-state index is 1.09. The van der Waals surface area contributed by atoms with Gasteiger partial charge in [0.1, 0.15) is 4.70 Å². The number of aryl methyl sites for hydroxylation is 1. The second-order valence-corrected chi connectivity index (χ2v) is 7.56. The normalized spacial score (nSPS) is 19.0. The molecule has 0 saturated heterocycles. The van der Waals surface area contributed by atoms with Crippen LogP contribution in [0.4, 0.5) is 5.69 Å². The van der Waals surface area contributed by atoms with Crippen molar-refractivity contribution in [3.8, 4) is 0 Å². The Kier molecular flexibility index (Phi) is 3.35. The van der Waals surface area contributed by atoms with E-state index in [0.29, 0.717) is 0 Å². The molecule has 0 amide bonds. The molecule has 3 aromatic rings. The van der Waals surface area contributed by atoms with Crippen molar-refractivity contribution in [1.82, 2.24) is 0 Å². The molecule has 1 aromatic heterocycles. The average Bonchev–Trinajstić information content (AvgIpc) is 3.21. The molecule has 0 unspecified atom stereocenters. The number of hydrogen-bond donors (Lipinski definition) is 0. The van der Waals surface area contributed by atoms with Gasteiger partial charge in [0.2, 0.25) is 5.52 Å². The van der Waals surface area contributed by atoms with Crippen molar-refractivity contribution in [3.05, 3.63) is 83.5 Å². The molecule has 3 heterocycles. The number of aromatic nitrogens is 1. The van der Waals surface area contributed by atoms with E-state index in [9.17, 15) is 0 Å². The van der Waals surface area contributed by atoms with E-state index >= 15 is 0 Å². The van der Waals surface area contributed by atoms with E-state index in [-0.39, 0.29) is 0 Å². The molecular formula is C22H19N2S+. The molecule has 0 atom stereocenters. The van der Waals surface area contributed by atoms with Crippen LogP contribution >= 0.6 is 11.3 Å². The smallest absolute Gasteiger partial charge is 0.266 e. The van der Waals surface area contributed by atoms with Crippen molar-refractivity contribution in [2.75, 3.05) is 11.9 Å².